The minimum absolute atomic E-state index is 0.142. The van der Waals surface area contributed by atoms with Crippen LogP contribution < -0.4 is 10.0 Å². The van der Waals surface area contributed by atoms with Crippen molar-refractivity contribution in [3.05, 3.63) is 73.4 Å². The van der Waals surface area contributed by atoms with Crippen molar-refractivity contribution >= 4 is 33.8 Å². The number of carbonyl (C=O) groups excluding carboxylic acids is 4. The molecule has 0 aromatic rings. The molecule has 0 aromatic carbocycles. The van der Waals surface area contributed by atoms with Gasteiger partial charge in [-0.05, 0) is 188 Å². The first-order valence-electron chi connectivity index (χ1n) is 31.0. The molecule has 10 aliphatic carbocycles. The second-order valence-electron chi connectivity index (χ2n) is 25.1. The van der Waals surface area contributed by atoms with Crippen LogP contribution in [0.15, 0.2) is 73.4 Å². The number of epoxide rings is 3. The number of methoxy groups -OCH3 is 2. The second kappa shape index (κ2) is 33.2. The van der Waals surface area contributed by atoms with Gasteiger partial charge in [0.1, 0.15) is 19.4 Å². The predicted octanol–water partition coefficient (Wildman–Crippen LogP) is 9.17. The van der Waals surface area contributed by atoms with Crippen molar-refractivity contribution in [2.45, 2.75) is 167 Å². The van der Waals surface area contributed by atoms with Crippen molar-refractivity contribution in [3.8, 4) is 0 Å². The highest BCUT2D eigenvalue weighted by molar-refractivity contribution is 7.89. The van der Waals surface area contributed by atoms with E-state index in [1.165, 1.54) is 52.7 Å². The number of fused-ring (bicyclic) bond motifs is 18. The number of amides is 1. The van der Waals surface area contributed by atoms with Gasteiger partial charge in [0.15, 0.2) is 0 Å². The summed E-state index contributed by atoms with van der Waals surface area (Å²) in [6, 6.07) is 0.168. The lowest BCUT2D eigenvalue weighted by molar-refractivity contribution is -0.139. The SMILES string of the molecule is C1CC2CC1C1CC3OC3C21.C1CC2CC1C1CC3OC3C21.C=C(C)C(=O)NCOCCCC.C=C(C)C(=O)OC.C=C(C)C(=O)OCC1CO1.C=CC(=O)OC.CCCS(=O)(=O)NC1CC2C=CC1C2.OCCOCC1CC2C=CC1C2. The van der Waals surface area contributed by atoms with Crippen LogP contribution >= 0.6 is 0 Å². The van der Waals surface area contributed by atoms with Gasteiger partial charge in [0, 0.05) is 35.4 Å². The smallest absolute Gasteiger partial charge is 0.333 e. The zero-order chi connectivity index (χ0) is 60.4. The zero-order valence-corrected chi connectivity index (χ0v) is 51.8. The Balaban J connectivity index is 0.000000154. The van der Waals surface area contributed by atoms with Crippen molar-refractivity contribution in [3.63, 3.8) is 0 Å². The Labute approximate surface area is 496 Å². The summed E-state index contributed by atoms with van der Waals surface area (Å²) in [6.07, 6.45) is 33.0. The Morgan fingerprint density at radius 3 is 1.64 bits per heavy atom. The second-order valence-corrected chi connectivity index (χ2v) is 27.0. The maximum absolute atomic E-state index is 11.5. The van der Waals surface area contributed by atoms with Crippen molar-refractivity contribution in [1.82, 2.24) is 10.0 Å². The van der Waals surface area contributed by atoms with Crippen molar-refractivity contribution in [2.24, 2.45) is 76.9 Å². The van der Waals surface area contributed by atoms with Gasteiger partial charge in [0.05, 0.1) is 70.8 Å². The Bertz CT molecular complexity index is 2310. The summed E-state index contributed by atoms with van der Waals surface area (Å²) < 4.78 is 65.6. The molecule has 13 rings (SSSR count). The van der Waals surface area contributed by atoms with Crippen LogP contribution in [0.2, 0.25) is 0 Å². The monoisotopic (exact) mass is 1180 g/mol. The van der Waals surface area contributed by atoms with Crippen molar-refractivity contribution in [1.29, 1.82) is 0 Å². The molecule has 13 aliphatic rings. The first-order valence-corrected chi connectivity index (χ1v) is 32.7. The number of sulfonamides is 1. The number of carbonyl (C=O) groups is 4. The standard InChI is InChI=1S/C10H17NO2S.C10H16O2.2C10H14O.C9H17NO2.C7H10O3.C5H8O2.C4H6O2/c1-2-5-14(12,13)11-10-7-8-3-4-9(10)6-8;11-3-4-12-7-10-6-8-1-2-9(10)5-8;2*1-2-6-3-5(1)7-4-8-10(11-8)9(6)7;1-4-5-6-12-7-10-9(11)8(2)3;1-5(2)7(8)10-4-6-3-9-6;1-4(2)5(6)7-3;1-3-4(5)6-2/h3-4,8-11H,2,5-7H2,1H3;1-2,8-11H,3-7H2;2*5-10H,1-4H2;2,4-7H2,1,3H3,(H,10,11);6H,1,3-4H2,2H3;1H2,2-3H3;3H,1H2,2H3. The average molecular weight is 1180 g/mol. The summed E-state index contributed by atoms with van der Waals surface area (Å²) in [7, 11) is -0.382. The summed E-state index contributed by atoms with van der Waals surface area (Å²) >= 11 is 0. The van der Waals surface area contributed by atoms with E-state index >= 15 is 0 Å². The molecular weight excluding hydrogens is 1080 g/mol. The lowest BCUT2D eigenvalue weighted by Gasteiger charge is -2.25. The lowest BCUT2D eigenvalue weighted by atomic mass is 9.81. The molecule has 8 saturated carbocycles. The fraction of sp³-hybridized carbons (Fsp3) is 0.754. The van der Waals surface area contributed by atoms with Crippen molar-refractivity contribution < 1.29 is 70.6 Å². The highest BCUT2D eigenvalue weighted by atomic mass is 32.2. The Morgan fingerprint density at radius 1 is 0.675 bits per heavy atom. The van der Waals surface area contributed by atoms with Gasteiger partial charge in [-0.15, -0.1) is 0 Å². The number of unbranched alkanes of at least 4 members (excludes halogenated alkanes) is 1. The molecule has 1 amide bonds. The Kier molecular flexibility index (Phi) is 27.2. The van der Waals surface area contributed by atoms with Gasteiger partial charge < -0.3 is 48.3 Å². The van der Waals surface area contributed by atoms with E-state index in [1.807, 2.05) is 6.92 Å². The van der Waals surface area contributed by atoms with Crippen LogP contribution in [0.5, 0.6) is 0 Å². The van der Waals surface area contributed by atoms with Crippen LogP contribution in [0.1, 0.15) is 131 Å². The molecule has 11 fully saturated rings. The fourth-order valence-electron chi connectivity index (χ4n) is 14.7. The highest BCUT2D eigenvalue weighted by Gasteiger charge is 2.65. The Morgan fingerprint density at radius 2 is 1.24 bits per heavy atom. The number of rotatable bonds is 19. The van der Waals surface area contributed by atoms with Crippen LogP contribution in [-0.4, -0.2) is 140 Å². The van der Waals surface area contributed by atoms with E-state index in [0.717, 1.165) is 128 Å². The normalized spacial score (nSPS) is 35.1. The number of ether oxygens (including phenoxy) is 8. The van der Waals surface area contributed by atoms with E-state index in [0.29, 0.717) is 61.4 Å². The summed E-state index contributed by atoms with van der Waals surface area (Å²) in [5.74, 6) is 11.1. The molecule has 0 radical (unpaired) electrons. The third-order valence-electron chi connectivity index (χ3n) is 18.8. The first-order chi connectivity index (χ1) is 39.7. The van der Waals surface area contributed by atoms with Gasteiger partial charge in [-0.2, -0.15) is 0 Å². The number of hydrogen-bond donors (Lipinski definition) is 3. The van der Waals surface area contributed by atoms with Gasteiger partial charge in [0.2, 0.25) is 15.9 Å². The molecule has 19 unspecified atom stereocenters. The van der Waals surface area contributed by atoms with Gasteiger partial charge >= 0.3 is 17.9 Å². The predicted molar refractivity (Wildman–Crippen MR) is 319 cm³/mol. The first kappa shape index (κ1) is 68.1. The summed E-state index contributed by atoms with van der Waals surface area (Å²) in [5.41, 5.74) is 1.37. The largest absolute Gasteiger partial charge is 0.466 e. The van der Waals surface area contributed by atoms with Gasteiger partial charge in [0.25, 0.3) is 0 Å². The molecule has 3 N–H and O–H groups in total. The van der Waals surface area contributed by atoms with Gasteiger partial charge in [-0.3, -0.25) is 4.79 Å². The van der Waals surface area contributed by atoms with E-state index in [4.69, 9.17) is 33.5 Å². The van der Waals surface area contributed by atoms with Crippen LogP contribution in [0.3, 0.4) is 0 Å². The number of nitrogens with one attached hydrogen (secondary N) is 2. The molecule has 83 heavy (non-hydrogen) atoms. The fourth-order valence-corrected chi connectivity index (χ4v) is 16.1. The van der Waals surface area contributed by atoms with Crippen LogP contribution in [0.4, 0.5) is 0 Å². The zero-order valence-electron chi connectivity index (χ0n) is 51.0. The van der Waals surface area contributed by atoms with Crippen LogP contribution in [-0.2, 0) is 67.1 Å². The topological polar surface area (TPSA) is 230 Å². The lowest BCUT2D eigenvalue weighted by Crippen LogP contribution is -2.38. The molecule has 19 atom stereocenters. The van der Waals surface area contributed by atoms with Gasteiger partial charge in [-0.1, -0.05) is 70.9 Å². The summed E-state index contributed by atoms with van der Waals surface area (Å²) in [6.45, 7) is 25.9. The van der Waals surface area contributed by atoms with Crippen molar-refractivity contribution in [2.75, 3.05) is 66.3 Å². The maximum Gasteiger partial charge on any atom is 0.333 e. The molecule has 468 valence electrons. The Hall–Kier alpha value is -4.01. The molecule has 17 nitrogen and oxygen atoms in total. The quantitative estimate of drug-likeness (QED) is 0.0208. The van der Waals surface area contributed by atoms with E-state index in [-0.39, 0.29) is 49.1 Å². The van der Waals surface area contributed by atoms with E-state index in [9.17, 15) is 27.6 Å². The summed E-state index contributed by atoms with van der Waals surface area (Å²) in [5, 5.41) is 11.1. The molecule has 0 aromatic heterocycles. The minimum Gasteiger partial charge on any atom is -0.466 e. The third kappa shape index (κ3) is 20.8. The van der Waals surface area contributed by atoms with Crippen LogP contribution in [0.25, 0.3) is 0 Å². The van der Waals surface area contributed by atoms with Crippen LogP contribution in [0, 0.1) is 76.9 Å². The molecule has 3 heterocycles. The number of hydrogen-bond acceptors (Lipinski definition) is 15. The molecule has 18 heteroatoms. The van der Waals surface area contributed by atoms with Gasteiger partial charge in [-0.25, -0.2) is 27.5 Å². The number of aliphatic hydroxyl groups is 1. The number of allylic oxidation sites excluding steroid dienone is 3. The third-order valence-corrected chi connectivity index (χ3v) is 20.4. The number of aliphatic hydroxyl groups excluding tert-OH is 1. The summed E-state index contributed by atoms with van der Waals surface area (Å²) in [4.78, 5) is 41.6. The van der Waals surface area contributed by atoms with E-state index < -0.39 is 16.0 Å². The molecule has 3 saturated heterocycles. The molecule has 3 aliphatic heterocycles. The average Bonchev–Trinajstić information content (AvgIpc) is 2.43. The molecular formula is C65H102N2O15S. The minimum atomic E-state index is -3.02. The molecule has 8 bridgehead atoms. The number of esters is 3. The van der Waals surface area contributed by atoms with E-state index in [2.05, 4.69) is 77.1 Å². The van der Waals surface area contributed by atoms with E-state index in [1.54, 1.807) is 46.5 Å². The maximum atomic E-state index is 11.5. The highest BCUT2D eigenvalue weighted by Crippen LogP contribution is 2.65. The molecule has 0 spiro atoms.